The standard InChI is InChI=1S/C22H25Cl2NO3/c23-19-9-5-16(6-10-19)21(17-7-11-20(24)12-8-17)4-2-14-28-25-13-1-3-18(15-25)22(26)27/h5-12,18,21H,1-4,13-15H2,(H,26,27)/t18-/m1/s1. The molecule has 2 aromatic carbocycles. The van der Waals surface area contributed by atoms with Crippen LogP contribution in [0.15, 0.2) is 48.5 Å². The molecular formula is C22H25Cl2NO3. The molecule has 28 heavy (non-hydrogen) atoms. The third-order valence-electron chi connectivity index (χ3n) is 5.19. The number of benzene rings is 2. The molecule has 3 rings (SSSR count). The van der Waals surface area contributed by atoms with E-state index in [0.29, 0.717) is 13.2 Å². The van der Waals surface area contributed by atoms with E-state index in [4.69, 9.17) is 28.0 Å². The van der Waals surface area contributed by atoms with E-state index in [0.717, 1.165) is 42.3 Å². The van der Waals surface area contributed by atoms with E-state index < -0.39 is 5.97 Å². The molecule has 4 nitrogen and oxygen atoms in total. The number of hydrogen-bond donors (Lipinski definition) is 1. The normalized spacial score (nSPS) is 17.8. The van der Waals surface area contributed by atoms with E-state index in [1.54, 1.807) is 0 Å². The molecule has 6 heteroatoms. The number of carbonyl (C=O) groups is 1. The Morgan fingerprint density at radius 2 is 1.64 bits per heavy atom. The first-order valence-electron chi connectivity index (χ1n) is 9.64. The van der Waals surface area contributed by atoms with Gasteiger partial charge in [-0.3, -0.25) is 9.63 Å². The van der Waals surface area contributed by atoms with Gasteiger partial charge in [-0.05, 0) is 61.1 Å². The minimum Gasteiger partial charge on any atom is -0.481 e. The lowest BCUT2D eigenvalue weighted by Gasteiger charge is -2.29. The van der Waals surface area contributed by atoms with Crippen molar-refractivity contribution in [2.24, 2.45) is 5.92 Å². The Morgan fingerprint density at radius 1 is 1.07 bits per heavy atom. The number of aliphatic carboxylic acids is 1. The summed E-state index contributed by atoms with van der Waals surface area (Å²) in [6, 6.07) is 15.9. The van der Waals surface area contributed by atoms with Crippen LogP contribution >= 0.6 is 23.2 Å². The average Bonchev–Trinajstić information content (AvgIpc) is 2.70. The number of rotatable bonds is 8. The van der Waals surface area contributed by atoms with Crippen LogP contribution in [0.1, 0.15) is 42.7 Å². The van der Waals surface area contributed by atoms with Crippen LogP contribution in [-0.2, 0) is 9.63 Å². The topological polar surface area (TPSA) is 49.8 Å². The molecule has 0 amide bonds. The Kier molecular flexibility index (Phi) is 7.74. The lowest BCUT2D eigenvalue weighted by molar-refractivity contribution is -0.186. The molecule has 1 fully saturated rings. The van der Waals surface area contributed by atoms with Crippen molar-refractivity contribution >= 4 is 29.2 Å². The highest BCUT2D eigenvalue weighted by molar-refractivity contribution is 6.30. The summed E-state index contributed by atoms with van der Waals surface area (Å²) in [5.74, 6) is -0.838. The van der Waals surface area contributed by atoms with Gasteiger partial charge < -0.3 is 5.11 Å². The largest absolute Gasteiger partial charge is 0.481 e. The van der Waals surface area contributed by atoms with Gasteiger partial charge in [-0.2, -0.15) is 5.06 Å². The molecule has 1 N–H and O–H groups in total. The second-order valence-corrected chi connectivity index (χ2v) is 8.07. The Labute approximate surface area is 176 Å². The van der Waals surface area contributed by atoms with Gasteiger partial charge in [0.2, 0.25) is 0 Å². The van der Waals surface area contributed by atoms with E-state index in [1.165, 1.54) is 11.1 Å². The highest BCUT2D eigenvalue weighted by Crippen LogP contribution is 2.31. The second kappa shape index (κ2) is 10.3. The van der Waals surface area contributed by atoms with Gasteiger partial charge in [0.25, 0.3) is 0 Å². The van der Waals surface area contributed by atoms with Gasteiger partial charge in [-0.15, -0.1) is 0 Å². The van der Waals surface area contributed by atoms with Gasteiger partial charge in [0.05, 0.1) is 12.5 Å². The molecule has 0 aliphatic carbocycles. The SMILES string of the molecule is O=C(O)[C@@H]1CCCN(OCCCC(c2ccc(Cl)cc2)c2ccc(Cl)cc2)C1. The summed E-state index contributed by atoms with van der Waals surface area (Å²) < 4.78 is 0. The fourth-order valence-corrected chi connectivity index (χ4v) is 3.91. The van der Waals surface area contributed by atoms with Crippen molar-refractivity contribution < 1.29 is 14.7 Å². The van der Waals surface area contributed by atoms with Crippen LogP contribution in [0.5, 0.6) is 0 Å². The van der Waals surface area contributed by atoms with Crippen LogP contribution in [-0.4, -0.2) is 35.8 Å². The van der Waals surface area contributed by atoms with Gasteiger partial charge in [0.1, 0.15) is 0 Å². The fraction of sp³-hybridized carbons (Fsp3) is 0.409. The molecule has 1 heterocycles. The predicted octanol–water partition coefficient (Wildman–Crippen LogP) is 5.63. The number of carboxylic acid groups (broad SMARTS) is 1. The van der Waals surface area contributed by atoms with Gasteiger partial charge in [0.15, 0.2) is 0 Å². The minimum atomic E-state index is -0.737. The number of carboxylic acids is 1. The smallest absolute Gasteiger partial charge is 0.307 e. The molecule has 1 saturated heterocycles. The lowest BCUT2D eigenvalue weighted by Crippen LogP contribution is -2.38. The Hall–Kier alpha value is -1.59. The quantitative estimate of drug-likeness (QED) is 0.560. The number of piperidine rings is 1. The highest BCUT2D eigenvalue weighted by atomic mass is 35.5. The summed E-state index contributed by atoms with van der Waals surface area (Å²) >= 11 is 12.1. The van der Waals surface area contributed by atoms with Crippen molar-refractivity contribution in [3.63, 3.8) is 0 Å². The summed E-state index contributed by atoms with van der Waals surface area (Å²) in [5.41, 5.74) is 2.41. The molecular weight excluding hydrogens is 397 g/mol. The third-order valence-corrected chi connectivity index (χ3v) is 5.69. The Morgan fingerprint density at radius 3 is 2.18 bits per heavy atom. The summed E-state index contributed by atoms with van der Waals surface area (Å²) in [4.78, 5) is 17.0. The Bertz CT molecular complexity index is 719. The van der Waals surface area contributed by atoms with Gasteiger partial charge in [-0.25, -0.2) is 0 Å². The van der Waals surface area contributed by atoms with Crippen molar-refractivity contribution in [1.29, 1.82) is 0 Å². The van der Waals surface area contributed by atoms with Crippen molar-refractivity contribution in [3.05, 3.63) is 69.7 Å². The van der Waals surface area contributed by atoms with Crippen molar-refractivity contribution in [2.45, 2.75) is 31.6 Å². The molecule has 1 atom stereocenters. The molecule has 0 bridgehead atoms. The molecule has 0 spiro atoms. The summed E-state index contributed by atoms with van der Waals surface area (Å²) in [6.07, 6.45) is 3.36. The number of halogens is 2. The van der Waals surface area contributed by atoms with Crippen molar-refractivity contribution in [1.82, 2.24) is 5.06 Å². The maximum absolute atomic E-state index is 11.2. The molecule has 0 unspecified atom stereocenters. The summed E-state index contributed by atoms with van der Waals surface area (Å²) in [5, 5.41) is 12.4. The molecule has 0 saturated carbocycles. The molecule has 150 valence electrons. The first-order valence-corrected chi connectivity index (χ1v) is 10.4. The van der Waals surface area contributed by atoms with E-state index in [-0.39, 0.29) is 11.8 Å². The van der Waals surface area contributed by atoms with Gasteiger partial charge >= 0.3 is 5.97 Å². The average molecular weight is 422 g/mol. The van der Waals surface area contributed by atoms with Crippen LogP contribution in [0.4, 0.5) is 0 Å². The minimum absolute atomic E-state index is 0.228. The first kappa shape index (κ1) is 21.1. The second-order valence-electron chi connectivity index (χ2n) is 7.20. The molecule has 0 aromatic heterocycles. The molecule has 1 aliphatic heterocycles. The van der Waals surface area contributed by atoms with E-state index in [1.807, 2.05) is 29.3 Å². The summed E-state index contributed by atoms with van der Waals surface area (Å²) in [6.45, 7) is 1.83. The van der Waals surface area contributed by atoms with Crippen molar-refractivity contribution in [2.75, 3.05) is 19.7 Å². The molecule has 0 radical (unpaired) electrons. The maximum atomic E-state index is 11.2. The van der Waals surface area contributed by atoms with Crippen LogP contribution in [0.2, 0.25) is 10.0 Å². The van der Waals surface area contributed by atoms with Gasteiger partial charge in [0, 0.05) is 29.1 Å². The maximum Gasteiger partial charge on any atom is 0.307 e. The molecule has 1 aliphatic rings. The fourth-order valence-electron chi connectivity index (χ4n) is 3.66. The van der Waals surface area contributed by atoms with Crippen molar-refractivity contribution in [3.8, 4) is 0 Å². The molecule has 2 aromatic rings. The zero-order valence-electron chi connectivity index (χ0n) is 15.7. The number of nitrogens with zero attached hydrogens (tertiary/aromatic N) is 1. The zero-order valence-corrected chi connectivity index (χ0v) is 17.2. The monoisotopic (exact) mass is 421 g/mol. The van der Waals surface area contributed by atoms with Crippen LogP contribution in [0.3, 0.4) is 0 Å². The third kappa shape index (κ3) is 5.95. The number of hydroxylamine groups is 2. The predicted molar refractivity (Wildman–Crippen MR) is 112 cm³/mol. The van der Waals surface area contributed by atoms with Crippen LogP contribution in [0.25, 0.3) is 0 Å². The van der Waals surface area contributed by atoms with Crippen LogP contribution < -0.4 is 0 Å². The van der Waals surface area contributed by atoms with Crippen LogP contribution in [0, 0.1) is 5.92 Å². The first-order chi connectivity index (χ1) is 13.5. The van der Waals surface area contributed by atoms with E-state index in [9.17, 15) is 9.90 Å². The van der Waals surface area contributed by atoms with E-state index in [2.05, 4.69) is 24.3 Å². The van der Waals surface area contributed by atoms with E-state index >= 15 is 0 Å². The lowest BCUT2D eigenvalue weighted by atomic mass is 9.87. The summed E-state index contributed by atoms with van der Waals surface area (Å²) in [7, 11) is 0. The van der Waals surface area contributed by atoms with Gasteiger partial charge in [-0.1, -0.05) is 47.5 Å². The zero-order chi connectivity index (χ0) is 19.9. The highest BCUT2D eigenvalue weighted by Gasteiger charge is 2.25. The Balaban J connectivity index is 1.58. The number of hydrogen-bond acceptors (Lipinski definition) is 3.